The lowest BCUT2D eigenvalue weighted by molar-refractivity contribution is 0.0949. The number of aromatic nitrogens is 3. The van der Waals surface area contributed by atoms with Crippen molar-refractivity contribution >= 4 is 28.4 Å². The third kappa shape index (κ3) is 4.06. The number of para-hydroxylation sites is 2. The first-order chi connectivity index (χ1) is 14.2. The Morgan fingerprint density at radius 1 is 1.10 bits per heavy atom. The summed E-state index contributed by atoms with van der Waals surface area (Å²) in [5.41, 5.74) is 3.56. The molecule has 2 heterocycles. The minimum atomic E-state index is -0.274. The van der Waals surface area contributed by atoms with Gasteiger partial charge in [-0.3, -0.25) is 4.79 Å². The van der Waals surface area contributed by atoms with E-state index in [0.717, 1.165) is 16.5 Å². The van der Waals surface area contributed by atoms with Crippen LogP contribution in [0, 0.1) is 11.3 Å². The van der Waals surface area contributed by atoms with Crippen molar-refractivity contribution < 1.29 is 4.79 Å². The molecule has 0 aliphatic heterocycles. The number of fused-ring (bicyclic) bond motifs is 1. The summed E-state index contributed by atoms with van der Waals surface area (Å²) >= 11 is 0. The summed E-state index contributed by atoms with van der Waals surface area (Å²) < 4.78 is 0. The molecule has 7 heteroatoms. The Kier molecular flexibility index (Phi) is 5.16. The second kappa shape index (κ2) is 8.23. The van der Waals surface area contributed by atoms with Crippen molar-refractivity contribution in [2.75, 3.05) is 11.9 Å². The molecule has 0 saturated heterocycles. The molecule has 3 N–H and O–H groups in total. The van der Waals surface area contributed by atoms with Crippen molar-refractivity contribution in [1.29, 1.82) is 5.26 Å². The Morgan fingerprint density at radius 2 is 1.93 bits per heavy atom. The Balaban J connectivity index is 1.40. The van der Waals surface area contributed by atoms with Crippen molar-refractivity contribution in [3.8, 4) is 6.07 Å². The van der Waals surface area contributed by atoms with Gasteiger partial charge in [-0.25, -0.2) is 9.97 Å². The highest BCUT2D eigenvalue weighted by atomic mass is 16.1. The molecule has 29 heavy (non-hydrogen) atoms. The molecule has 0 radical (unpaired) electrons. The lowest BCUT2D eigenvalue weighted by Gasteiger charge is -2.08. The van der Waals surface area contributed by atoms with Crippen LogP contribution in [-0.4, -0.2) is 27.4 Å². The molecule has 0 aliphatic carbocycles. The highest BCUT2D eigenvalue weighted by Gasteiger charge is 2.10. The van der Waals surface area contributed by atoms with E-state index in [1.807, 2.05) is 30.5 Å². The molecule has 4 rings (SSSR count). The van der Waals surface area contributed by atoms with Gasteiger partial charge < -0.3 is 15.6 Å². The van der Waals surface area contributed by atoms with E-state index in [9.17, 15) is 10.1 Å². The van der Waals surface area contributed by atoms with E-state index in [-0.39, 0.29) is 17.5 Å². The van der Waals surface area contributed by atoms with Gasteiger partial charge in [-0.05, 0) is 36.2 Å². The number of nitriles is 1. The van der Waals surface area contributed by atoms with E-state index in [0.29, 0.717) is 24.2 Å². The van der Waals surface area contributed by atoms with Crippen LogP contribution in [0.5, 0.6) is 0 Å². The minimum absolute atomic E-state index is 0.260. The van der Waals surface area contributed by atoms with Crippen LogP contribution in [0.25, 0.3) is 10.9 Å². The first-order valence-corrected chi connectivity index (χ1v) is 9.17. The minimum Gasteiger partial charge on any atom is -0.361 e. The van der Waals surface area contributed by atoms with Gasteiger partial charge in [0.25, 0.3) is 5.91 Å². The van der Waals surface area contributed by atoms with Crippen molar-refractivity contribution in [2.24, 2.45) is 0 Å². The van der Waals surface area contributed by atoms with Gasteiger partial charge in [-0.1, -0.05) is 30.3 Å². The smallest absolute Gasteiger partial charge is 0.270 e. The number of hydrogen-bond donors (Lipinski definition) is 3. The largest absolute Gasteiger partial charge is 0.361 e. The Morgan fingerprint density at radius 3 is 2.83 bits per heavy atom. The fraction of sp³-hybridized carbons (Fsp3) is 0.0909. The number of carbonyl (C=O) groups excluding carboxylic acids is 1. The van der Waals surface area contributed by atoms with E-state index < -0.39 is 0 Å². The SMILES string of the molecule is N#Cc1ccccc1Nc1nccc(C(=O)NCCc2c[nH]c3ccccc23)n1. The molecular formula is C22H18N6O. The second-order valence-electron chi connectivity index (χ2n) is 6.41. The van der Waals surface area contributed by atoms with E-state index in [2.05, 4.69) is 37.7 Å². The van der Waals surface area contributed by atoms with E-state index in [1.165, 1.54) is 6.20 Å². The van der Waals surface area contributed by atoms with Crippen LogP contribution < -0.4 is 10.6 Å². The Bertz CT molecular complexity index is 1210. The zero-order valence-electron chi connectivity index (χ0n) is 15.5. The number of amides is 1. The van der Waals surface area contributed by atoms with Crippen molar-refractivity contribution in [3.05, 3.63) is 83.8 Å². The quantitative estimate of drug-likeness (QED) is 0.473. The molecule has 0 saturated carbocycles. The van der Waals surface area contributed by atoms with Gasteiger partial charge in [0.15, 0.2) is 0 Å². The Hall–Kier alpha value is -4.18. The first-order valence-electron chi connectivity index (χ1n) is 9.17. The number of H-pyrrole nitrogens is 1. The zero-order chi connectivity index (χ0) is 20.1. The summed E-state index contributed by atoms with van der Waals surface area (Å²) in [6, 6.07) is 18.8. The average molecular weight is 382 g/mol. The van der Waals surface area contributed by atoms with Crippen molar-refractivity contribution in [2.45, 2.75) is 6.42 Å². The van der Waals surface area contributed by atoms with Gasteiger partial charge >= 0.3 is 0 Å². The maximum atomic E-state index is 12.5. The number of nitrogens with one attached hydrogen (secondary N) is 3. The molecule has 0 aliphatic rings. The van der Waals surface area contributed by atoms with Gasteiger partial charge in [-0.15, -0.1) is 0 Å². The summed E-state index contributed by atoms with van der Waals surface area (Å²) in [5, 5.41) is 16.2. The molecule has 4 aromatic rings. The van der Waals surface area contributed by atoms with Crippen molar-refractivity contribution in [1.82, 2.24) is 20.3 Å². The second-order valence-corrected chi connectivity index (χ2v) is 6.41. The number of hydrogen-bond acceptors (Lipinski definition) is 5. The maximum absolute atomic E-state index is 12.5. The molecular weight excluding hydrogens is 364 g/mol. The van der Waals surface area contributed by atoms with Crippen LogP contribution in [0.4, 0.5) is 11.6 Å². The topological polar surface area (TPSA) is 106 Å². The van der Waals surface area contributed by atoms with Crippen LogP contribution >= 0.6 is 0 Å². The lowest BCUT2D eigenvalue weighted by atomic mass is 10.1. The number of rotatable bonds is 6. The van der Waals surface area contributed by atoms with Gasteiger partial charge in [-0.2, -0.15) is 5.26 Å². The summed E-state index contributed by atoms with van der Waals surface area (Å²) in [6.45, 7) is 0.491. The van der Waals surface area contributed by atoms with E-state index in [1.54, 1.807) is 24.3 Å². The Labute approximate surface area is 167 Å². The molecule has 2 aromatic heterocycles. The molecule has 0 fully saturated rings. The molecule has 2 aromatic carbocycles. The predicted octanol–water partition coefficient (Wildman–Crippen LogP) is 3.55. The van der Waals surface area contributed by atoms with E-state index >= 15 is 0 Å². The fourth-order valence-electron chi connectivity index (χ4n) is 3.10. The lowest BCUT2D eigenvalue weighted by Crippen LogP contribution is -2.26. The molecule has 0 atom stereocenters. The summed E-state index contributed by atoms with van der Waals surface area (Å²) in [6.07, 6.45) is 4.19. The maximum Gasteiger partial charge on any atom is 0.270 e. The highest BCUT2D eigenvalue weighted by molar-refractivity contribution is 5.92. The van der Waals surface area contributed by atoms with Crippen LogP contribution in [0.15, 0.2) is 67.0 Å². The van der Waals surface area contributed by atoms with Gasteiger partial charge in [0.05, 0.1) is 11.3 Å². The fourth-order valence-corrected chi connectivity index (χ4v) is 3.10. The number of anilines is 2. The molecule has 7 nitrogen and oxygen atoms in total. The number of benzene rings is 2. The number of carbonyl (C=O) groups is 1. The van der Waals surface area contributed by atoms with Crippen LogP contribution in [-0.2, 0) is 6.42 Å². The average Bonchev–Trinajstić information content (AvgIpc) is 3.17. The number of nitrogens with zero attached hydrogens (tertiary/aromatic N) is 3. The summed E-state index contributed by atoms with van der Waals surface area (Å²) in [4.78, 5) is 24.1. The van der Waals surface area contributed by atoms with Gasteiger partial charge in [0, 0.05) is 29.8 Å². The predicted molar refractivity (Wildman–Crippen MR) is 111 cm³/mol. The van der Waals surface area contributed by atoms with Crippen LogP contribution in [0.1, 0.15) is 21.6 Å². The molecule has 0 unspecified atom stereocenters. The summed E-state index contributed by atoms with van der Waals surface area (Å²) in [5.74, 6) is -0.0131. The van der Waals surface area contributed by atoms with Gasteiger partial charge in [0.1, 0.15) is 11.8 Å². The normalized spacial score (nSPS) is 10.4. The summed E-state index contributed by atoms with van der Waals surface area (Å²) in [7, 11) is 0. The monoisotopic (exact) mass is 382 g/mol. The molecule has 0 bridgehead atoms. The molecule has 142 valence electrons. The first kappa shape index (κ1) is 18.2. The zero-order valence-corrected chi connectivity index (χ0v) is 15.5. The number of aromatic amines is 1. The standard InChI is InChI=1S/C22H18N6O/c23-13-15-5-1-3-7-18(15)27-22-25-12-10-20(28-22)21(29)24-11-9-16-14-26-19-8-4-2-6-17(16)19/h1-8,10,12,14,26H,9,11H2,(H,24,29)(H,25,27,28). The van der Waals surface area contributed by atoms with Crippen molar-refractivity contribution in [3.63, 3.8) is 0 Å². The van der Waals surface area contributed by atoms with Crippen LogP contribution in [0.3, 0.4) is 0 Å². The third-order valence-electron chi connectivity index (χ3n) is 4.54. The van der Waals surface area contributed by atoms with Gasteiger partial charge in [0.2, 0.25) is 5.95 Å². The van der Waals surface area contributed by atoms with Crippen LogP contribution in [0.2, 0.25) is 0 Å². The molecule has 1 amide bonds. The third-order valence-corrected chi connectivity index (χ3v) is 4.54. The molecule has 0 spiro atoms. The highest BCUT2D eigenvalue weighted by Crippen LogP contribution is 2.18. The van der Waals surface area contributed by atoms with E-state index in [4.69, 9.17) is 0 Å².